The van der Waals surface area contributed by atoms with Crippen LogP contribution in [0.25, 0.3) is 0 Å². The molecule has 0 aliphatic heterocycles. The summed E-state index contributed by atoms with van der Waals surface area (Å²) in [7, 11) is 1.88. The Hall–Kier alpha value is -1.19. The van der Waals surface area contributed by atoms with Crippen LogP contribution in [-0.4, -0.2) is 15.3 Å². The van der Waals surface area contributed by atoms with Crippen LogP contribution in [0.5, 0.6) is 0 Å². The average Bonchev–Trinajstić information content (AvgIpc) is 2.54. The average molecular weight is 210 g/mol. The van der Waals surface area contributed by atoms with E-state index in [1.54, 1.807) is 4.68 Å². The number of nitrogens with one attached hydrogen (secondary N) is 1. The fraction of sp³-hybridized carbons (Fsp3) is 0.727. The molecule has 0 fully saturated rings. The van der Waals surface area contributed by atoms with Gasteiger partial charge in [0.15, 0.2) is 5.82 Å². The second-order valence-corrected chi connectivity index (χ2v) is 4.07. The Kier molecular flexibility index (Phi) is 3.61. The zero-order valence-electron chi connectivity index (χ0n) is 10.2. The quantitative estimate of drug-likeness (QED) is 0.784. The van der Waals surface area contributed by atoms with Gasteiger partial charge < -0.3 is 11.1 Å². The zero-order valence-corrected chi connectivity index (χ0v) is 10.2. The maximum atomic E-state index is 5.87. The van der Waals surface area contributed by atoms with Crippen molar-refractivity contribution in [1.82, 2.24) is 9.78 Å². The number of nitrogens with two attached hydrogens (primary N) is 1. The lowest BCUT2D eigenvalue weighted by atomic mass is 9.90. The molecule has 0 atom stereocenters. The molecular formula is C11H22N4. The van der Waals surface area contributed by atoms with Crippen molar-refractivity contribution in [3.8, 4) is 0 Å². The Morgan fingerprint density at radius 2 is 1.87 bits per heavy atom. The van der Waals surface area contributed by atoms with Gasteiger partial charge in [0.1, 0.15) is 0 Å². The third-order valence-corrected chi connectivity index (χ3v) is 3.27. The van der Waals surface area contributed by atoms with Gasteiger partial charge in [-0.1, -0.05) is 20.8 Å². The molecule has 0 spiro atoms. The Bertz CT molecular complexity index is 304. The smallest absolute Gasteiger partial charge is 0.171 e. The lowest BCUT2D eigenvalue weighted by molar-refractivity contribution is 0.418. The number of hydrogen-bond donors (Lipinski definition) is 2. The molecule has 0 aliphatic carbocycles. The van der Waals surface area contributed by atoms with Crippen LogP contribution in [-0.2, 0) is 7.05 Å². The minimum atomic E-state index is 0.127. The molecular weight excluding hydrogens is 188 g/mol. The summed E-state index contributed by atoms with van der Waals surface area (Å²) in [6.07, 6.45) is 5.07. The van der Waals surface area contributed by atoms with Crippen molar-refractivity contribution >= 4 is 11.5 Å². The van der Waals surface area contributed by atoms with Crippen LogP contribution < -0.4 is 11.1 Å². The number of nitrogens with zero attached hydrogens (tertiary/aromatic N) is 2. The van der Waals surface area contributed by atoms with Gasteiger partial charge in [0.2, 0.25) is 0 Å². The summed E-state index contributed by atoms with van der Waals surface area (Å²) in [6.45, 7) is 6.58. The molecule has 4 nitrogen and oxygen atoms in total. The minimum Gasteiger partial charge on any atom is -0.394 e. The summed E-state index contributed by atoms with van der Waals surface area (Å²) in [5.74, 6) is 0.808. The van der Waals surface area contributed by atoms with Crippen LogP contribution in [0.2, 0.25) is 0 Å². The highest BCUT2D eigenvalue weighted by Gasteiger charge is 2.25. The van der Waals surface area contributed by atoms with Crippen molar-refractivity contribution in [1.29, 1.82) is 0 Å². The molecule has 15 heavy (non-hydrogen) atoms. The van der Waals surface area contributed by atoms with E-state index in [2.05, 4.69) is 31.2 Å². The summed E-state index contributed by atoms with van der Waals surface area (Å²) in [4.78, 5) is 0. The molecule has 0 aromatic carbocycles. The third kappa shape index (κ3) is 2.43. The third-order valence-electron chi connectivity index (χ3n) is 3.27. The molecule has 1 rings (SSSR count). The highest BCUT2D eigenvalue weighted by atomic mass is 15.3. The maximum absolute atomic E-state index is 5.87. The van der Waals surface area contributed by atoms with Crippen molar-refractivity contribution in [2.45, 2.75) is 45.6 Å². The van der Waals surface area contributed by atoms with Gasteiger partial charge in [0.25, 0.3) is 0 Å². The molecule has 1 heterocycles. The van der Waals surface area contributed by atoms with Gasteiger partial charge in [0.05, 0.1) is 5.69 Å². The summed E-state index contributed by atoms with van der Waals surface area (Å²) in [5.41, 5.74) is 6.71. The van der Waals surface area contributed by atoms with E-state index in [4.69, 9.17) is 5.73 Å². The highest BCUT2D eigenvalue weighted by molar-refractivity contribution is 5.61. The van der Waals surface area contributed by atoms with Crippen LogP contribution >= 0.6 is 0 Å². The lowest BCUT2D eigenvalue weighted by Crippen LogP contribution is -2.36. The Labute approximate surface area is 91.8 Å². The van der Waals surface area contributed by atoms with Gasteiger partial charge in [-0.2, -0.15) is 5.10 Å². The second-order valence-electron chi connectivity index (χ2n) is 4.07. The molecule has 86 valence electrons. The largest absolute Gasteiger partial charge is 0.394 e. The lowest BCUT2D eigenvalue weighted by Gasteiger charge is -2.32. The first kappa shape index (κ1) is 11.9. The number of anilines is 2. The SMILES string of the molecule is CCC(CC)(CC)Nc1nn(C)cc1N. The van der Waals surface area contributed by atoms with Gasteiger partial charge in [-0.15, -0.1) is 0 Å². The molecule has 0 unspecified atom stereocenters. The van der Waals surface area contributed by atoms with Crippen LogP contribution in [0.3, 0.4) is 0 Å². The number of aryl methyl sites for hydroxylation is 1. The highest BCUT2D eigenvalue weighted by Crippen LogP contribution is 2.27. The van der Waals surface area contributed by atoms with E-state index in [-0.39, 0.29) is 5.54 Å². The fourth-order valence-electron chi connectivity index (χ4n) is 1.87. The number of rotatable bonds is 5. The molecule has 4 heteroatoms. The minimum absolute atomic E-state index is 0.127. The van der Waals surface area contributed by atoms with Crippen molar-refractivity contribution in [2.75, 3.05) is 11.1 Å². The van der Waals surface area contributed by atoms with Crippen LogP contribution in [0.4, 0.5) is 11.5 Å². The van der Waals surface area contributed by atoms with E-state index >= 15 is 0 Å². The molecule has 1 aromatic rings. The molecule has 0 amide bonds. The van der Waals surface area contributed by atoms with Gasteiger partial charge in [-0.3, -0.25) is 4.68 Å². The van der Waals surface area contributed by atoms with Crippen molar-refractivity contribution in [2.24, 2.45) is 7.05 Å². The first-order valence-electron chi connectivity index (χ1n) is 5.64. The van der Waals surface area contributed by atoms with Crippen LogP contribution in [0.15, 0.2) is 6.20 Å². The predicted octanol–water partition coefficient (Wildman–Crippen LogP) is 2.38. The molecule has 0 radical (unpaired) electrons. The topological polar surface area (TPSA) is 55.9 Å². The maximum Gasteiger partial charge on any atom is 0.171 e. The number of nitrogen functional groups attached to an aromatic ring is 1. The number of hydrogen-bond acceptors (Lipinski definition) is 3. The second kappa shape index (κ2) is 4.55. The first-order valence-corrected chi connectivity index (χ1v) is 5.64. The summed E-state index contributed by atoms with van der Waals surface area (Å²) < 4.78 is 1.74. The van der Waals surface area contributed by atoms with Crippen molar-refractivity contribution < 1.29 is 0 Å². The Balaban J connectivity index is 2.87. The van der Waals surface area contributed by atoms with E-state index in [1.807, 2.05) is 13.2 Å². The van der Waals surface area contributed by atoms with Crippen molar-refractivity contribution in [3.63, 3.8) is 0 Å². The van der Waals surface area contributed by atoms with E-state index in [0.717, 1.165) is 30.8 Å². The van der Waals surface area contributed by atoms with Crippen LogP contribution in [0.1, 0.15) is 40.0 Å². The Morgan fingerprint density at radius 3 is 2.20 bits per heavy atom. The zero-order chi connectivity index (χ0) is 11.5. The van der Waals surface area contributed by atoms with Gasteiger partial charge >= 0.3 is 0 Å². The molecule has 0 bridgehead atoms. The monoisotopic (exact) mass is 210 g/mol. The summed E-state index contributed by atoms with van der Waals surface area (Å²) >= 11 is 0. The molecule has 1 aromatic heterocycles. The summed E-state index contributed by atoms with van der Waals surface area (Å²) in [5, 5.41) is 7.79. The normalized spacial score (nSPS) is 11.7. The standard InChI is InChI=1S/C11H22N4/c1-5-11(6-2,7-3)13-10-9(12)8-15(4)14-10/h8H,5-7,12H2,1-4H3,(H,13,14). The van der Waals surface area contributed by atoms with E-state index in [9.17, 15) is 0 Å². The van der Waals surface area contributed by atoms with Crippen molar-refractivity contribution in [3.05, 3.63) is 6.20 Å². The molecule has 0 saturated carbocycles. The molecule has 0 saturated heterocycles. The first-order chi connectivity index (χ1) is 7.06. The van der Waals surface area contributed by atoms with E-state index in [1.165, 1.54) is 0 Å². The number of aromatic nitrogens is 2. The predicted molar refractivity (Wildman–Crippen MR) is 64.8 cm³/mol. The van der Waals surface area contributed by atoms with E-state index < -0.39 is 0 Å². The van der Waals surface area contributed by atoms with Gasteiger partial charge in [-0.05, 0) is 19.3 Å². The van der Waals surface area contributed by atoms with Gasteiger partial charge in [-0.25, -0.2) is 0 Å². The summed E-state index contributed by atoms with van der Waals surface area (Å²) in [6, 6.07) is 0. The Morgan fingerprint density at radius 1 is 1.33 bits per heavy atom. The van der Waals surface area contributed by atoms with Crippen LogP contribution in [0, 0.1) is 0 Å². The molecule has 3 N–H and O–H groups in total. The fourth-order valence-corrected chi connectivity index (χ4v) is 1.87. The van der Waals surface area contributed by atoms with Gasteiger partial charge in [0, 0.05) is 18.8 Å². The molecule has 0 aliphatic rings. The van der Waals surface area contributed by atoms with E-state index in [0.29, 0.717) is 0 Å².